The predicted molar refractivity (Wildman–Crippen MR) is 170 cm³/mol. The Morgan fingerprint density at radius 3 is 1.89 bits per heavy atom. The molecule has 2 heterocycles. The Hall–Kier alpha value is -5.58. The summed E-state index contributed by atoms with van der Waals surface area (Å²) in [4.78, 5) is 28.8. The summed E-state index contributed by atoms with van der Waals surface area (Å²) in [5.74, 6) is 0.657. The Morgan fingerprint density at radius 2 is 1.28 bits per heavy atom. The third-order valence-corrected chi connectivity index (χ3v) is 8.51. The molecule has 1 N–H and O–H groups in total. The molecule has 0 aliphatic carbocycles. The zero-order chi connectivity index (χ0) is 33.4. The van der Waals surface area contributed by atoms with E-state index in [4.69, 9.17) is 37.9 Å². The molecule has 0 radical (unpaired) electrons. The molecule has 3 atom stereocenters. The van der Waals surface area contributed by atoms with Crippen LogP contribution in [-0.2, 0) is 0 Å². The van der Waals surface area contributed by atoms with Gasteiger partial charge in [0.2, 0.25) is 0 Å². The lowest BCUT2D eigenvalue weighted by Gasteiger charge is -2.37. The second-order valence-corrected chi connectivity index (χ2v) is 10.9. The minimum atomic E-state index is -1.08. The Labute approximate surface area is 271 Å². The van der Waals surface area contributed by atoms with E-state index in [0.717, 1.165) is 0 Å². The molecule has 0 saturated heterocycles. The number of benzene rings is 4. The molecule has 6 rings (SSSR count). The van der Waals surface area contributed by atoms with Crippen LogP contribution in [0.25, 0.3) is 0 Å². The van der Waals surface area contributed by atoms with Crippen molar-refractivity contribution < 1.29 is 52.6 Å². The number of phenols is 1. The first-order chi connectivity index (χ1) is 22.8. The van der Waals surface area contributed by atoms with E-state index in [0.29, 0.717) is 28.2 Å². The van der Waals surface area contributed by atoms with Crippen molar-refractivity contribution in [3.63, 3.8) is 0 Å². The van der Waals surface area contributed by atoms with E-state index in [1.807, 2.05) is 12.1 Å². The summed E-state index contributed by atoms with van der Waals surface area (Å²) in [7, 11) is 8.89. The highest BCUT2D eigenvalue weighted by Gasteiger charge is 2.47. The molecule has 11 heteroatoms. The Morgan fingerprint density at radius 1 is 0.638 bits per heavy atom. The number of carbonyl (C=O) groups is 2. The molecule has 244 valence electrons. The molecular weight excluding hydrogens is 608 g/mol. The van der Waals surface area contributed by atoms with E-state index in [1.165, 1.54) is 41.6 Å². The van der Waals surface area contributed by atoms with Crippen molar-refractivity contribution in [1.29, 1.82) is 0 Å². The molecule has 0 aromatic heterocycles. The Kier molecular flexibility index (Phi) is 8.46. The number of Topliss-reactive ketones (excluding diaryl/α,β-unsaturated/α-hetero) is 2. The second kappa shape index (κ2) is 12.7. The normalized spacial score (nSPS) is 18.2. The standard InChI is InChI=1S/C36H34O11/c1-40-20-10-7-18(8-11-20)35-33(34(39)31-26(43-4)14-21(41-2)15-29(31)47-35)32-28(45-6)17-27(44-5)30-23(38)16-25(46-36(30)32)19-9-12-24(42-3)22(37)13-19/h7-15,17,25,33,35,37H,16H2,1-6H3. The van der Waals surface area contributed by atoms with Crippen molar-refractivity contribution >= 4 is 11.6 Å². The number of ether oxygens (including phenoxy) is 8. The van der Waals surface area contributed by atoms with Crippen LogP contribution in [0.2, 0.25) is 0 Å². The number of rotatable bonds is 9. The molecule has 2 aliphatic rings. The van der Waals surface area contributed by atoms with Crippen molar-refractivity contribution in [2.75, 3.05) is 42.7 Å². The highest BCUT2D eigenvalue weighted by Crippen LogP contribution is 2.56. The van der Waals surface area contributed by atoms with Crippen LogP contribution in [0, 0.1) is 0 Å². The molecule has 47 heavy (non-hydrogen) atoms. The first kappa shape index (κ1) is 31.4. The number of ketones is 2. The topological polar surface area (TPSA) is 128 Å². The van der Waals surface area contributed by atoms with Gasteiger partial charge < -0.3 is 43.0 Å². The third-order valence-electron chi connectivity index (χ3n) is 8.51. The maximum absolute atomic E-state index is 14.9. The number of aromatic hydroxyl groups is 1. The summed E-state index contributed by atoms with van der Waals surface area (Å²) in [5.41, 5.74) is 1.86. The van der Waals surface area contributed by atoms with E-state index in [-0.39, 0.29) is 69.4 Å². The molecule has 4 aromatic rings. The molecule has 0 amide bonds. The van der Waals surface area contributed by atoms with Crippen molar-refractivity contribution in [3.8, 4) is 51.7 Å². The van der Waals surface area contributed by atoms with Crippen LogP contribution in [0.1, 0.15) is 62.0 Å². The fourth-order valence-electron chi connectivity index (χ4n) is 6.20. The first-order valence-corrected chi connectivity index (χ1v) is 14.7. The van der Waals surface area contributed by atoms with Crippen LogP contribution in [0.5, 0.6) is 51.7 Å². The Balaban J connectivity index is 1.60. The zero-order valence-electron chi connectivity index (χ0n) is 26.7. The van der Waals surface area contributed by atoms with Gasteiger partial charge in [-0.3, -0.25) is 9.59 Å². The average molecular weight is 643 g/mol. The van der Waals surface area contributed by atoms with Gasteiger partial charge in [-0.25, -0.2) is 0 Å². The van der Waals surface area contributed by atoms with Crippen molar-refractivity contribution in [1.82, 2.24) is 0 Å². The maximum Gasteiger partial charge on any atom is 0.182 e. The Bertz CT molecular complexity index is 1850. The molecule has 0 spiro atoms. The largest absolute Gasteiger partial charge is 0.504 e. The van der Waals surface area contributed by atoms with Crippen LogP contribution in [0.15, 0.2) is 60.7 Å². The lowest BCUT2D eigenvalue weighted by Crippen LogP contribution is -2.32. The van der Waals surface area contributed by atoms with Gasteiger partial charge in [0.1, 0.15) is 63.6 Å². The summed E-state index contributed by atoms with van der Waals surface area (Å²) in [5, 5.41) is 10.5. The van der Waals surface area contributed by atoms with Crippen LogP contribution >= 0.6 is 0 Å². The van der Waals surface area contributed by atoms with Crippen LogP contribution < -0.4 is 37.9 Å². The van der Waals surface area contributed by atoms with Crippen molar-refractivity contribution in [3.05, 3.63) is 88.5 Å². The molecule has 11 nitrogen and oxygen atoms in total. The van der Waals surface area contributed by atoms with Crippen LogP contribution in [0.3, 0.4) is 0 Å². The number of fused-ring (bicyclic) bond motifs is 2. The molecule has 0 bridgehead atoms. The fraction of sp³-hybridized carbons (Fsp3) is 0.278. The molecule has 0 fully saturated rings. The number of phenolic OH excluding ortho intramolecular Hbond substituents is 1. The lowest BCUT2D eigenvalue weighted by molar-refractivity contribution is 0.0738. The summed E-state index contributed by atoms with van der Waals surface area (Å²) in [6, 6.07) is 16.8. The van der Waals surface area contributed by atoms with E-state index in [9.17, 15) is 14.7 Å². The van der Waals surface area contributed by atoms with Gasteiger partial charge in [-0.05, 0) is 35.4 Å². The van der Waals surface area contributed by atoms with Crippen molar-refractivity contribution in [2.45, 2.75) is 24.5 Å². The molecular formula is C36H34O11. The van der Waals surface area contributed by atoms with E-state index in [2.05, 4.69) is 0 Å². The number of hydrogen-bond donors (Lipinski definition) is 1. The van der Waals surface area contributed by atoms with Crippen molar-refractivity contribution in [2.24, 2.45) is 0 Å². The smallest absolute Gasteiger partial charge is 0.182 e. The van der Waals surface area contributed by atoms with Gasteiger partial charge in [0.25, 0.3) is 0 Å². The first-order valence-electron chi connectivity index (χ1n) is 14.7. The summed E-state index contributed by atoms with van der Waals surface area (Å²) in [6.45, 7) is 0. The van der Waals surface area contributed by atoms with E-state index >= 15 is 0 Å². The molecule has 3 unspecified atom stereocenters. The minimum Gasteiger partial charge on any atom is -0.504 e. The van der Waals surface area contributed by atoms with Crippen LogP contribution in [0.4, 0.5) is 0 Å². The third kappa shape index (κ3) is 5.37. The van der Waals surface area contributed by atoms with E-state index < -0.39 is 18.1 Å². The molecule has 4 aromatic carbocycles. The summed E-state index contributed by atoms with van der Waals surface area (Å²) >= 11 is 0. The van der Waals surface area contributed by atoms with Gasteiger partial charge in [0, 0.05) is 18.2 Å². The highest BCUT2D eigenvalue weighted by atomic mass is 16.5. The average Bonchev–Trinajstić information content (AvgIpc) is 3.10. The fourth-order valence-corrected chi connectivity index (χ4v) is 6.20. The zero-order valence-corrected chi connectivity index (χ0v) is 26.7. The number of carbonyl (C=O) groups excluding carboxylic acids is 2. The quantitative estimate of drug-likeness (QED) is 0.222. The number of hydrogen-bond acceptors (Lipinski definition) is 11. The molecule has 2 aliphatic heterocycles. The van der Waals surface area contributed by atoms with Gasteiger partial charge in [-0.2, -0.15) is 0 Å². The van der Waals surface area contributed by atoms with Gasteiger partial charge in [-0.1, -0.05) is 18.2 Å². The number of methoxy groups -OCH3 is 6. The summed E-state index contributed by atoms with van der Waals surface area (Å²) < 4.78 is 46.5. The molecule has 0 saturated carbocycles. The maximum atomic E-state index is 14.9. The van der Waals surface area contributed by atoms with Gasteiger partial charge in [-0.15, -0.1) is 0 Å². The second-order valence-electron chi connectivity index (χ2n) is 10.9. The predicted octanol–water partition coefficient (Wildman–Crippen LogP) is 6.25. The monoisotopic (exact) mass is 642 g/mol. The minimum absolute atomic E-state index is 0.0473. The van der Waals surface area contributed by atoms with E-state index in [1.54, 1.807) is 49.6 Å². The lowest BCUT2D eigenvalue weighted by atomic mass is 9.78. The van der Waals surface area contributed by atoms with Crippen LogP contribution in [-0.4, -0.2) is 59.3 Å². The highest BCUT2D eigenvalue weighted by molar-refractivity contribution is 6.09. The summed E-state index contributed by atoms with van der Waals surface area (Å²) in [6.07, 6.45) is -1.77. The van der Waals surface area contributed by atoms with Gasteiger partial charge in [0.15, 0.2) is 23.1 Å². The van der Waals surface area contributed by atoms with Gasteiger partial charge >= 0.3 is 0 Å². The van der Waals surface area contributed by atoms with Gasteiger partial charge in [0.05, 0.1) is 60.6 Å². The SMILES string of the molecule is COc1ccc(C2Oc3cc(OC)cc(OC)c3C(=O)C2c2c(OC)cc(OC)c3c2OC(c2ccc(OC)c(O)c2)CC3=O)cc1.